The van der Waals surface area contributed by atoms with Crippen LogP contribution in [0.25, 0.3) is 6.08 Å². The van der Waals surface area contributed by atoms with Gasteiger partial charge in [-0.05, 0) is 29.2 Å². The molecular formula is C24H20N2O5S. The molecule has 162 valence electrons. The molecule has 0 saturated carbocycles. The maximum absolute atomic E-state index is 12.7. The number of hydrogen-bond acceptors (Lipinski definition) is 7. The van der Waals surface area contributed by atoms with Crippen molar-refractivity contribution in [1.82, 2.24) is 0 Å². The molecule has 0 unspecified atom stereocenters. The SMILES string of the molecule is COC(=O)c1ccsc1NC(=O)/C(C#N)=C/c1cccc(OC)c1OCc1ccccc1. The lowest BCUT2D eigenvalue weighted by molar-refractivity contribution is -0.112. The Hall–Kier alpha value is -4.09. The van der Waals surface area contributed by atoms with Crippen LogP contribution < -0.4 is 14.8 Å². The first-order valence-corrected chi connectivity index (χ1v) is 10.4. The smallest absolute Gasteiger partial charge is 0.340 e. The fourth-order valence-electron chi connectivity index (χ4n) is 2.84. The lowest BCUT2D eigenvalue weighted by Gasteiger charge is -2.14. The van der Waals surface area contributed by atoms with E-state index in [-0.39, 0.29) is 17.7 Å². The van der Waals surface area contributed by atoms with E-state index in [0.29, 0.717) is 22.1 Å². The molecule has 7 nitrogen and oxygen atoms in total. The molecule has 2 aromatic carbocycles. The molecule has 0 aliphatic heterocycles. The van der Waals surface area contributed by atoms with Gasteiger partial charge in [0.15, 0.2) is 11.5 Å². The van der Waals surface area contributed by atoms with Gasteiger partial charge in [-0.3, -0.25) is 4.79 Å². The zero-order chi connectivity index (χ0) is 22.9. The Kier molecular flexibility index (Phi) is 7.62. The number of rotatable bonds is 8. The molecule has 1 heterocycles. The van der Waals surface area contributed by atoms with Gasteiger partial charge in [0.2, 0.25) is 0 Å². The van der Waals surface area contributed by atoms with E-state index in [0.717, 1.165) is 16.9 Å². The quantitative estimate of drug-likeness (QED) is 0.306. The number of esters is 1. The molecule has 0 atom stereocenters. The van der Waals surface area contributed by atoms with Gasteiger partial charge in [0, 0.05) is 5.56 Å². The van der Waals surface area contributed by atoms with E-state index in [1.165, 1.54) is 20.3 Å². The number of benzene rings is 2. The molecule has 3 aromatic rings. The number of thiophene rings is 1. The van der Waals surface area contributed by atoms with Gasteiger partial charge in [0.1, 0.15) is 23.3 Å². The molecular weight excluding hydrogens is 428 g/mol. The van der Waals surface area contributed by atoms with Crippen molar-refractivity contribution < 1.29 is 23.8 Å². The second kappa shape index (κ2) is 10.8. The summed E-state index contributed by atoms with van der Waals surface area (Å²) >= 11 is 1.16. The Labute approximate surface area is 189 Å². The highest BCUT2D eigenvalue weighted by Crippen LogP contribution is 2.33. The van der Waals surface area contributed by atoms with Crippen molar-refractivity contribution in [2.75, 3.05) is 19.5 Å². The summed E-state index contributed by atoms with van der Waals surface area (Å²) in [6.07, 6.45) is 1.42. The highest BCUT2D eigenvalue weighted by atomic mass is 32.1. The van der Waals surface area contributed by atoms with Crippen LogP contribution in [-0.2, 0) is 16.1 Å². The normalized spacial score (nSPS) is 10.7. The minimum atomic E-state index is -0.656. The maximum atomic E-state index is 12.7. The van der Waals surface area contributed by atoms with Crippen LogP contribution in [0.5, 0.6) is 11.5 Å². The predicted octanol–water partition coefficient (Wildman–Crippen LogP) is 4.67. The fourth-order valence-corrected chi connectivity index (χ4v) is 3.61. The Bertz CT molecular complexity index is 1180. The van der Waals surface area contributed by atoms with E-state index in [9.17, 15) is 14.9 Å². The van der Waals surface area contributed by atoms with Crippen molar-refractivity contribution in [1.29, 1.82) is 5.26 Å². The van der Waals surface area contributed by atoms with Gasteiger partial charge in [0.05, 0.1) is 19.8 Å². The van der Waals surface area contributed by atoms with Gasteiger partial charge in [-0.2, -0.15) is 5.26 Å². The monoisotopic (exact) mass is 448 g/mol. The van der Waals surface area contributed by atoms with Gasteiger partial charge in [-0.1, -0.05) is 42.5 Å². The lowest BCUT2D eigenvalue weighted by atomic mass is 10.1. The van der Waals surface area contributed by atoms with Crippen molar-refractivity contribution in [3.8, 4) is 17.6 Å². The van der Waals surface area contributed by atoms with E-state index >= 15 is 0 Å². The summed E-state index contributed by atoms with van der Waals surface area (Å²) in [5, 5.41) is 14.1. The Balaban J connectivity index is 1.88. The lowest BCUT2D eigenvalue weighted by Crippen LogP contribution is -2.15. The fraction of sp³-hybridized carbons (Fsp3) is 0.125. The molecule has 1 N–H and O–H groups in total. The summed E-state index contributed by atoms with van der Waals surface area (Å²) in [6, 6.07) is 18.2. The van der Waals surface area contributed by atoms with Crippen LogP contribution in [0.2, 0.25) is 0 Å². The Morgan fingerprint density at radius 2 is 1.88 bits per heavy atom. The second-order valence-corrected chi connectivity index (χ2v) is 7.35. The highest BCUT2D eigenvalue weighted by Gasteiger charge is 2.19. The number of hydrogen-bond donors (Lipinski definition) is 1. The van der Waals surface area contributed by atoms with E-state index in [1.807, 2.05) is 36.4 Å². The number of carbonyl (C=O) groups excluding carboxylic acids is 2. The van der Waals surface area contributed by atoms with Gasteiger partial charge >= 0.3 is 5.97 Å². The van der Waals surface area contributed by atoms with Gasteiger partial charge in [0.25, 0.3) is 5.91 Å². The van der Waals surface area contributed by atoms with Crippen LogP contribution in [0.1, 0.15) is 21.5 Å². The molecule has 1 aromatic heterocycles. The van der Waals surface area contributed by atoms with E-state index in [4.69, 9.17) is 14.2 Å². The highest BCUT2D eigenvalue weighted by molar-refractivity contribution is 7.14. The molecule has 3 rings (SSSR count). The van der Waals surface area contributed by atoms with Crippen molar-refractivity contribution >= 4 is 34.3 Å². The van der Waals surface area contributed by atoms with Gasteiger partial charge in [-0.25, -0.2) is 4.79 Å². The molecule has 0 saturated heterocycles. The van der Waals surface area contributed by atoms with Crippen LogP contribution in [-0.4, -0.2) is 26.1 Å². The zero-order valence-corrected chi connectivity index (χ0v) is 18.3. The summed E-state index contributed by atoms with van der Waals surface area (Å²) in [5.41, 5.74) is 1.52. The van der Waals surface area contributed by atoms with Crippen LogP contribution in [0, 0.1) is 11.3 Å². The number of methoxy groups -OCH3 is 2. The number of nitriles is 1. The minimum absolute atomic E-state index is 0.160. The number of ether oxygens (including phenoxy) is 3. The Morgan fingerprint density at radius 1 is 1.09 bits per heavy atom. The average molecular weight is 449 g/mol. The molecule has 0 bridgehead atoms. The number of amides is 1. The van der Waals surface area contributed by atoms with Crippen molar-refractivity contribution in [3.63, 3.8) is 0 Å². The molecule has 0 aliphatic rings. The first-order chi connectivity index (χ1) is 15.6. The van der Waals surface area contributed by atoms with Crippen LogP contribution in [0.4, 0.5) is 5.00 Å². The molecule has 0 fully saturated rings. The summed E-state index contributed by atoms with van der Waals surface area (Å²) in [4.78, 5) is 24.6. The third-order valence-corrected chi connectivity index (χ3v) is 5.25. The van der Waals surface area contributed by atoms with Crippen molar-refractivity contribution in [3.05, 3.63) is 82.2 Å². The maximum Gasteiger partial charge on any atom is 0.340 e. The van der Waals surface area contributed by atoms with Gasteiger partial charge < -0.3 is 19.5 Å². The summed E-state index contributed by atoms with van der Waals surface area (Å²) in [7, 11) is 2.77. The van der Waals surface area contributed by atoms with Crippen molar-refractivity contribution in [2.45, 2.75) is 6.61 Å². The van der Waals surface area contributed by atoms with Crippen LogP contribution in [0.3, 0.4) is 0 Å². The standard InChI is InChI=1S/C24H20N2O5S/c1-29-20-10-6-9-17(21(20)31-15-16-7-4-3-5-8-16)13-18(14-25)22(27)26-23-19(11-12-32-23)24(28)30-2/h3-13H,15H2,1-2H3,(H,26,27)/b18-13+. The molecule has 32 heavy (non-hydrogen) atoms. The largest absolute Gasteiger partial charge is 0.493 e. The van der Waals surface area contributed by atoms with Gasteiger partial charge in [-0.15, -0.1) is 11.3 Å². The molecule has 8 heteroatoms. The van der Waals surface area contributed by atoms with Crippen LogP contribution in [0.15, 0.2) is 65.6 Å². The first kappa shape index (κ1) is 22.6. The number of nitrogens with one attached hydrogen (secondary N) is 1. The number of carbonyl (C=O) groups is 2. The topological polar surface area (TPSA) is 97.7 Å². The first-order valence-electron chi connectivity index (χ1n) is 9.50. The average Bonchev–Trinajstić information content (AvgIpc) is 3.29. The van der Waals surface area contributed by atoms with E-state index < -0.39 is 11.9 Å². The van der Waals surface area contributed by atoms with E-state index in [2.05, 4.69) is 5.32 Å². The third kappa shape index (κ3) is 5.33. The summed E-state index contributed by atoms with van der Waals surface area (Å²) < 4.78 is 16.1. The van der Waals surface area contributed by atoms with E-state index in [1.54, 1.807) is 29.6 Å². The molecule has 0 radical (unpaired) electrons. The number of para-hydroxylation sites is 1. The predicted molar refractivity (Wildman–Crippen MR) is 122 cm³/mol. The second-order valence-electron chi connectivity index (χ2n) is 6.43. The minimum Gasteiger partial charge on any atom is -0.493 e. The van der Waals surface area contributed by atoms with Crippen molar-refractivity contribution in [2.24, 2.45) is 0 Å². The molecule has 0 spiro atoms. The molecule has 0 aliphatic carbocycles. The summed E-state index contributed by atoms with van der Waals surface area (Å²) in [5.74, 6) is -0.352. The summed E-state index contributed by atoms with van der Waals surface area (Å²) in [6.45, 7) is 0.286. The third-order valence-electron chi connectivity index (χ3n) is 4.42. The number of anilines is 1. The zero-order valence-electron chi connectivity index (χ0n) is 17.5. The number of nitrogens with zero attached hydrogens (tertiary/aromatic N) is 1. The van der Waals surface area contributed by atoms with Crippen LogP contribution >= 0.6 is 11.3 Å². The molecule has 1 amide bonds. The Morgan fingerprint density at radius 3 is 2.56 bits per heavy atom.